The topological polar surface area (TPSA) is 67.9 Å². The zero-order valence-electron chi connectivity index (χ0n) is 16.9. The molecule has 158 valence electrons. The smallest absolute Gasteiger partial charge is 0.267 e. The van der Waals surface area contributed by atoms with Gasteiger partial charge in [0.15, 0.2) is 6.10 Å². The fraction of sp³-hybridized carbons (Fsp3) is 0.167. The first-order valence-corrected chi connectivity index (χ1v) is 10.7. The van der Waals surface area contributed by atoms with Gasteiger partial charge < -0.3 is 19.7 Å². The third-order valence-electron chi connectivity index (χ3n) is 4.86. The molecule has 0 aliphatic carbocycles. The summed E-state index contributed by atoms with van der Waals surface area (Å²) in [5, 5.41) is 2.87. The molecule has 0 bridgehead atoms. The van der Waals surface area contributed by atoms with E-state index < -0.39 is 6.10 Å². The normalized spacial score (nSPS) is 15.1. The van der Waals surface area contributed by atoms with Crippen molar-refractivity contribution in [2.24, 2.45) is 0 Å². The molecule has 1 atom stereocenters. The maximum absolute atomic E-state index is 12.7. The van der Waals surface area contributed by atoms with Crippen LogP contribution in [0.1, 0.15) is 17.3 Å². The molecule has 1 aliphatic heterocycles. The minimum Gasteiger partial charge on any atom is -0.492 e. The molecule has 0 radical (unpaired) electrons. The minimum absolute atomic E-state index is 0.129. The van der Waals surface area contributed by atoms with Crippen molar-refractivity contribution in [1.82, 2.24) is 0 Å². The first-order chi connectivity index (χ1) is 15.0. The molecule has 3 aromatic rings. The van der Waals surface area contributed by atoms with E-state index in [-0.39, 0.29) is 11.8 Å². The number of halogens is 1. The summed E-state index contributed by atoms with van der Waals surface area (Å²) in [4.78, 5) is 26.8. The maximum Gasteiger partial charge on any atom is 0.267 e. The molecule has 7 heteroatoms. The van der Waals surface area contributed by atoms with E-state index in [9.17, 15) is 9.59 Å². The number of fused-ring (bicyclic) bond motifs is 1. The van der Waals surface area contributed by atoms with E-state index >= 15 is 0 Å². The number of anilines is 2. The Morgan fingerprint density at radius 2 is 1.84 bits per heavy atom. The molecule has 1 unspecified atom stereocenters. The van der Waals surface area contributed by atoms with Crippen molar-refractivity contribution in [2.45, 2.75) is 13.0 Å². The third kappa shape index (κ3) is 4.88. The highest BCUT2D eigenvalue weighted by Crippen LogP contribution is 2.36. The highest BCUT2D eigenvalue weighted by molar-refractivity contribution is 9.10. The van der Waals surface area contributed by atoms with Crippen LogP contribution < -0.4 is 19.7 Å². The Kier molecular flexibility index (Phi) is 6.23. The molecule has 0 saturated heterocycles. The van der Waals surface area contributed by atoms with Crippen LogP contribution in [0.25, 0.3) is 0 Å². The number of carbonyl (C=O) groups is 2. The zero-order chi connectivity index (χ0) is 21.8. The predicted octanol–water partition coefficient (Wildman–Crippen LogP) is 4.89. The van der Waals surface area contributed by atoms with Gasteiger partial charge in [-0.2, -0.15) is 0 Å². The van der Waals surface area contributed by atoms with Crippen LogP contribution >= 0.6 is 15.9 Å². The Morgan fingerprint density at radius 1 is 1.10 bits per heavy atom. The molecule has 2 amide bonds. The number of benzene rings is 3. The van der Waals surface area contributed by atoms with Gasteiger partial charge in [0.1, 0.15) is 18.1 Å². The summed E-state index contributed by atoms with van der Waals surface area (Å²) in [5.74, 6) is 0.944. The molecule has 1 heterocycles. The summed E-state index contributed by atoms with van der Waals surface area (Å²) < 4.78 is 12.4. The first-order valence-electron chi connectivity index (χ1n) is 9.88. The third-order valence-corrected chi connectivity index (χ3v) is 5.39. The van der Waals surface area contributed by atoms with Gasteiger partial charge in [0.2, 0.25) is 0 Å². The lowest BCUT2D eigenvalue weighted by molar-refractivity contribution is -0.125. The molecule has 1 aliphatic rings. The second kappa shape index (κ2) is 9.22. The molecule has 31 heavy (non-hydrogen) atoms. The second-order valence-corrected chi connectivity index (χ2v) is 7.97. The predicted molar refractivity (Wildman–Crippen MR) is 123 cm³/mol. The van der Waals surface area contributed by atoms with E-state index in [0.717, 1.165) is 10.2 Å². The van der Waals surface area contributed by atoms with Gasteiger partial charge in [-0.3, -0.25) is 9.59 Å². The Labute approximate surface area is 188 Å². The average Bonchev–Trinajstić information content (AvgIpc) is 2.77. The van der Waals surface area contributed by atoms with Gasteiger partial charge >= 0.3 is 0 Å². The molecular weight excluding hydrogens is 460 g/mol. The van der Waals surface area contributed by atoms with Gasteiger partial charge in [-0.1, -0.05) is 34.1 Å². The first kappa shape index (κ1) is 20.9. The van der Waals surface area contributed by atoms with Gasteiger partial charge in [-0.15, -0.1) is 0 Å². The summed E-state index contributed by atoms with van der Waals surface area (Å²) in [5.41, 5.74) is 1.79. The molecule has 1 N–H and O–H groups in total. The van der Waals surface area contributed by atoms with E-state index in [2.05, 4.69) is 21.2 Å². The summed E-state index contributed by atoms with van der Waals surface area (Å²) in [6, 6.07) is 21.8. The van der Waals surface area contributed by atoms with E-state index in [1.807, 2.05) is 42.5 Å². The molecule has 0 fully saturated rings. The van der Waals surface area contributed by atoms with E-state index in [0.29, 0.717) is 35.8 Å². The van der Waals surface area contributed by atoms with Crippen molar-refractivity contribution in [3.8, 4) is 11.5 Å². The number of carbonyl (C=O) groups excluding carboxylic acids is 2. The van der Waals surface area contributed by atoms with Crippen LogP contribution in [0.4, 0.5) is 11.4 Å². The van der Waals surface area contributed by atoms with Crippen molar-refractivity contribution in [3.63, 3.8) is 0 Å². The SMILES string of the molecule is CC1Oc2cc(NC(=O)c3ccc(Br)cc3)ccc2N(CCOc2ccccc2)C1=O. The van der Waals surface area contributed by atoms with Crippen LogP contribution in [0, 0.1) is 0 Å². The van der Waals surface area contributed by atoms with Crippen LogP contribution in [0.2, 0.25) is 0 Å². The number of para-hydroxylation sites is 1. The molecule has 0 saturated carbocycles. The largest absolute Gasteiger partial charge is 0.492 e. The number of hydrogen-bond donors (Lipinski definition) is 1. The highest BCUT2D eigenvalue weighted by atomic mass is 79.9. The number of nitrogens with zero attached hydrogens (tertiary/aromatic N) is 1. The average molecular weight is 481 g/mol. The minimum atomic E-state index is -0.623. The molecule has 4 rings (SSSR count). The summed E-state index contributed by atoms with van der Waals surface area (Å²) in [6.45, 7) is 2.45. The van der Waals surface area contributed by atoms with Crippen molar-refractivity contribution in [3.05, 3.63) is 82.8 Å². The highest BCUT2D eigenvalue weighted by Gasteiger charge is 2.31. The summed E-state index contributed by atoms with van der Waals surface area (Å²) in [7, 11) is 0. The van der Waals surface area contributed by atoms with Gasteiger partial charge in [0.25, 0.3) is 11.8 Å². The number of rotatable bonds is 6. The monoisotopic (exact) mass is 480 g/mol. The summed E-state index contributed by atoms with van der Waals surface area (Å²) >= 11 is 3.36. The number of nitrogens with one attached hydrogen (secondary N) is 1. The van der Waals surface area contributed by atoms with Gasteiger partial charge in [-0.25, -0.2) is 0 Å². The second-order valence-electron chi connectivity index (χ2n) is 7.05. The Balaban J connectivity index is 1.48. The molecule has 0 aromatic heterocycles. The Hall–Kier alpha value is -3.32. The number of ether oxygens (including phenoxy) is 2. The van der Waals surface area contributed by atoms with Gasteiger partial charge in [0, 0.05) is 21.8 Å². The van der Waals surface area contributed by atoms with Crippen molar-refractivity contribution in [2.75, 3.05) is 23.4 Å². The summed E-state index contributed by atoms with van der Waals surface area (Å²) in [6.07, 6.45) is -0.623. The van der Waals surface area contributed by atoms with Crippen molar-refractivity contribution >= 4 is 39.1 Å². The van der Waals surface area contributed by atoms with Crippen LogP contribution in [0.15, 0.2) is 77.3 Å². The van der Waals surface area contributed by atoms with Crippen LogP contribution in [0.3, 0.4) is 0 Å². The van der Waals surface area contributed by atoms with Crippen LogP contribution in [-0.2, 0) is 4.79 Å². The Bertz CT molecular complexity index is 1090. The molecular formula is C24H21BrN2O4. The number of amides is 2. The van der Waals surface area contributed by atoms with Gasteiger partial charge in [-0.05, 0) is 55.5 Å². The number of hydrogen-bond acceptors (Lipinski definition) is 4. The lowest BCUT2D eigenvalue weighted by Crippen LogP contribution is -2.46. The fourth-order valence-electron chi connectivity index (χ4n) is 3.29. The zero-order valence-corrected chi connectivity index (χ0v) is 18.5. The fourth-order valence-corrected chi connectivity index (χ4v) is 3.56. The lowest BCUT2D eigenvalue weighted by Gasteiger charge is -2.33. The van der Waals surface area contributed by atoms with Crippen LogP contribution in [-0.4, -0.2) is 31.1 Å². The van der Waals surface area contributed by atoms with E-state index in [4.69, 9.17) is 9.47 Å². The van der Waals surface area contributed by atoms with Gasteiger partial charge in [0.05, 0.1) is 12.2 Å². The quantitative estimate of drug-likeness (QED) is 0.544. The standard InChI is InChI=1S/C24H21BrN2O4/c1-16-24(29)27(13-14-30-20-5-3-2-4-6-20)21-12-11-19(15-22(21)31-16)26-23(28)17-7-9-18(25)10-8-17/h2-12,15-16H,13-14H2,1H3,(H,26,28). The van der Waals surface area contributed by atoms with E-state index in [1.54, 1.807) is 42.2 Å². The Morgan fingerprint density at radius 3 is 2.58 bits per heavy atom. The lowest BCUT2D eigenvalue weighted by atomic mass is 10.1. The van der Waals surface area contributed by atoms with Crippen molar-refractivity contribution in [1.29, 1.82) is 0 Å². The molecule has 3 aromatic carbocycles. The molecule has 6 nitrogen and oxygen atoms in total. The molecule has 0 spiro atoms. The van der Waals surface area contributed by atoms with E-state index in [1.165, 1.54) is 0 Å². The van der Waals surface area contributed by atoms with Crippen LogP contribution in [0.5, 0.6) is 11.5 Å². The maximum atomic E-state index is 12.7. The van der Waals surface area contributed by atoms with Crippen molar-refractivity contribution < 1.29 is 19.1 Å².